The molecule has 1 unspecified atom stereocenters. The third-order valence-corrected chi connectivity index (χ3v) is 5.77. The summed E-state index contributed by atoms with van der Waals surface area (Å²) in [5.74, 6) is 0.858. The van der Waals surface area contributed by atoms with Crippen LogP contribution in [0.5, 0.6) is 0 Å². The summed E-state index contributed by atoms with van der Waals surface area (Å²) in [7, 11) is 0. The summed E-state index contributed by atoms with van der Waals surface area (Å²) in [6.45, 7) is 6.42. The second-order valence-corrected chi connectivity index (χ2v) is 6.70. The van der Waals surface area contributed by atoms with E-state index in [1.54, 1.807) is 0 Å². The first-order valence-corrected chi connectivity index (χ1v) is 8.01. The van der Waals surface area contributed by atoms with Crippen molar-refractivity contribution in [2.45, 2.75) is 24.5 Å². The molecule has 2 aliphatic heterocycles. The summed E-state index contributed by atoms with van der Waals surface area (Å²) in [5.41, 5.74) is 0. The highest BCUT2D eigenvalue weighted by atomic mass is 35.5. The first kappa shape index (κ1) is 17.1. The molecule has 2 N–H and O–H groups in total. The topological polar surface area (TPSA) is 50.4 Å². The summed E-state index contributed by atoms with van der Waals surface area (Å²) < 4.78 is 5.60. The van der Waals surface area contributed by atoms with Gasteiger partial charge in [-0.2, -0.15) is 11.8 Å². The lowest BCUT2D eigenvalue weighted by Gasteiger charge is -2.37. The van der Waals surface area contributed by atoms with E-state index in [1.807, 2.05) is 18.7 Å². The van der Waals surface area contributed by atoms with Crippen LogP contribution in [0.15, 0.2) is 0 Å². The van der Waals surface area contributed by atoms with Gasteiger partial charge in [-0.25, -0.2) is 0 Å². The minimum absolute atomic E-state index is 0. The third kappa shape index (κ3) is 4.25. The van der Waals surface area contributed by atoms with Gasteiger partial charge in [0, 0.05) is 30.4 Å². The molecule has 2 saturated heterocycles. The fraction of sp³-hybridized carbons (Fsp3) is 0.923. The molecule has 2 aliphatic rings. The van der Waals surface area contributed by atoms with Crippen molar-refractivity contribution in [1.82, 2.24) is 10.6 Å². The molecule has 2 rings (SSSR count). The van der Waals surface area contributed by atoms with Crippen LogP contribution in [0.25, 0.3) is 0 Å². The quantitative estimate of drug-likeness (QED) is 0.804. The monoisotopic (exact) mass is 308 g/mol. The number of rotatable bonds is 5. The van der Waals surface area contributed by atoms with Crippen LogP contribution in [0.2, 0.25) is 0 Å². The van der Waals surface area contributed by atoms with Gasteiger partial charge in [0.2, 0.25) is 5.91 Å². The van der Waals surface area contributed by atoms with Gasteiger partial charge in [-0.15, -0.1) is 12.4 Å². The zero-order chi connectivity index (χ0) is 13.0. The van der Waals surface area contributed by atoms with E-state index in [1.165, 1.54) is 0 Å². The lowest BCUT2D eigenvalue weighted by Crippen LogP contribution is -2.51. The first-order valence-electron chi connectivity index (χ1n) is 6.78. The van der Waals surface area contributed by atoms with E-state index in [0.717, 1.165) is 45.7 Å². The molecule has 4 nitrogen and oxygen atoms in total. The highest BCUT2D eigenvalue weighted by Crippen LogP contribution is 2.33. The lowest BCUT2D eigenvalue weighted by atomic mass is 9.88. The minimum Gasteiger partial charge on any atom is -0.381 e. The molecule has 0 spiro atoms. The summed E-state index contributed by atoms with van der Waals surface area (Å²) >= 11 is 1.87. The molecule has 6 heteroatoms. The minimum atomic E-state index is 0. The maximum Gasteiger partial charge on any atom is 0.223 e. The second kappa shape index (κ2) is 7.72. The molecule has 0 bridgehead atoms. The van der Waals surface area contributed by atoms with Crippen molar-refractivity contribution in [1.29, 1.82) is 0 Å². The fourth-order valence-corrected chi connectivity index (χ4v) is 3.28. The standard InChI is InChI=1S/C13H24N2O2S.ClH/c1-10(11-7-14-8-11)12(16)15-9-13(18-2)3-5-17-6-4-13;/h10-11,14H,3-9H2,1-2H3,(H,15,16);1H. The molecule has 0 aromatic rings. The van der Waals surface area contributed by atoms with Crippen LogP contribution in [0.3, 0.4) is 0 Å². The zero-order valence-corrected chi connectivity index (χ0v) is 13.4. The van der Waals surface area contributed by atoms with Crippen LogP contribution in [0, 0.1) is 11.8 Å². The normalized spacial score (nSPS) is 23.9. The first-order chi connectivity index (χ1) is 8.67. The molecule has 112 valence electrons. The smallest absolute Gasteiger partial charge is 0.223 e. The van der Waals surface area contributed by atoms with Gasteiger partial charge < -0.3 is 15.4 Å². The number of amides is 1. The number of hydrogen-bond acceptors (Lipinski definition) is 4. The van der Waals surface area contributed by atoms with E-state index in [2.05, 4.69) is 16.9 Å². The van der Waals surface area contributed by atoms with Gasteiger partial charge in [-0.05, 0) is 38.1 Å². The van der Waals surface area contributed by atoms with Crippen molar-refractivity contribution in [2.75, 3.05) is 39.1 Å². The second-order valence-electron chi connectivity index (χ2n) is 5.42. The Kier molecular flexibility index (Phi) is 6.94. The maximum atomic E-state index is 12.1. The Morgan fingerprint density at radius 1 is 1.47 bits per heavy atom. The van der Waals surface area contributed by atoms with Crippen molar-refractivity contribution in [2.24, 2.45) is 11.8 Å². The number of carbonyl (C=O) groups is 1. The predicted molar refractivity (Wildman–Crippen MR) is 82.1 cm³/mol. The molecule has 2 heterocycles. The molecular formula is C13H25ClN2O2S. The average molecular weight is 309 g/mol. The summed E-state index contributed by atoms with van der Waals surface area (Å²) in [4.78, 5) is 12.1. The Balaban J connectivity index is 0.00000180. The Morgan fingerprint density at radius 2 is 2.11 bits per heavy atom. The molecule has 0 radical (unpaired) electrons. The molecule has 19 heavy (non-hydrogen) atoms. The van der Waals surface area contributed by atoms with E-state index < -0.39 is 0 Å². The van der Waals surface area contributed by atoms with Gasteiger partial charge in [-0.1, -0.05) is 6.92 Å². The molecule has 1 amide bonds. The van der Waals surface area contributed by atoms with Gasteiger partial charge in [0.1, 0.15) is 0 Å². The van der Waals surface area contributed by atoms with Crippen molar-refractivity contribution in [3.8, 4) is 0 Å². The van der Waals surface area contributed by atoms with Crippen LogP contribution >= 0.6 is 24.2 Å². The Labute approximate surface area is 126 Å². The van der Waals surface area contributed by atoms with E-state index in [9.17, 15) is 4.79 Å². The Morgan fingerprint density at radius 3 is 2.58 bits per heavy atom. The van der Waals surface area contributed by atoms with Crippen LogP contribution in [0.4, 0.5) is 0 Å². The highest BCUT2D eigenvalue weighted by molar-refractivity contribution is 8.00. The molecule has 2 fully saturated rings. The Bertz CT molecular complexity index is 294. The maximum absolute atomic E-state index is 12.1. The largest absolute Gasteiger partial charge is 0.381 e. The van der Waals surface area contributed by atoms with E-state index in [4.69, 9.17) is 4.74 Å². The van der Waals surface area contributed by atoms with Crippen molar-refractivity contribution < 1.29 is 9.53 Å². The van der Waals surface area contributed by atoms with Crippen LogP contribution in [0.1, 0.15) is 19.8 Å². The third-order valence-electron chi connectivity index (χ3n) is 4.36. The number of hydrogen-bond donors (Lipinski definition) is 2. The summed E-state index contributed by atoms with van der Waals surface area (Å²) in [6.07, 6.45) is 4.21. The highest BCUT2D eigenvalue weighted by Gasteiger charge is 2.34. The van der Waals surface area contributed by atoms with Gasteiger partial charge in [-0.3, -0.25) is 4.79 Å². The molecular weight excluding hydrogens is 284 g/mol. The molecule has 0 aliphatic carbocycles. The van der Waals surface area contributed by atoms with Gasteiger partial charge in [0.05, 0.1) is 0 Å². The van der Waals surface area contributed by atoms with Gasteiger partial charge in [0.25, 0.3) is 0 Å². The van der Waals surface area contributed by atoms with Crippen molar-refractivity contribution >= 4 is 30.1 Å². The van der Waals surface area contributed by atoms with Crippen molar-refractivity contribution in [3.63, 3.8) is 0 Å². The fourth-order valence-electron chi connectivity index (χ4n) is 2.48. The number of nitrogens with one attached hydrogen (secondary N) is 2. The van der Waals surface area contributed by atoms with Gasteiger partial charge in [0.15, 0.2) is 0 Å². The molecule has 0 aromatic carbocycles. The predicted octanol–water partition coefficient (Wildman–Crippen LogP) is 1.29. The zero-order valence-electron chi connectivity index (χ0n) is 11.7. The lowest BCUT2D eigenvalue weighted by molar-refractivity contribution is -0.126. The number of halogens is 1. The molecule has 1 atom stereocenters. The number of thioether (sulfide) groups is 1. The van der Waals surface area contributed by atoms with E-state index in [0.29, 0.717) is 5.92 Å². The Hall–Kier alpha value is 0.0300. The van der Waals surface area contributed by atoms with Gasteiger partial charge >= 0.3 is 0 Å². The van der Waals surface area contributed by atoms with Crippen LogP contribution < -0.4 is 10.6 Å². The van der Waals surface area contributed by atoms with E-state index in [-0.39, 0.29) is 29.0 Å². The summed E-state index contributed by atoms with van der Waals surface area (Å²) in [5, 5.41) is 6.37. The number of ether oxygens (including phenoxy) is 1. The number of carbonyl (C=O) groups excluding carboxylic acids is 1. The van der Waals surface area contributed by atoms with Crippen molar-refractivity contribution in [3.05, 3.63) is 0 Å². The van der Waals surface area contributed by atoms with Crippen LogP contribution in [-0.2, 0) is 9.53 Å². The summed E-state index contributed by atoms with van der Waals surface area (Å²) in [6, 6.07) is 0. The molecule has 0 aromatic heterocycles. The molecule has 0 saturated carbocycles. The SMILES string of the molecule is CSC1(CNC(=O)C(C)C2CNC2)CCOCC1.Cl. The van der Waals surface area contributed by atoms with E-state index >= 15 is 0 Å². The van der Waals surface area contributed by atoms with Crippen LogP contribution in [-0.4, -0.2) is 49.8 Å². The average Bonchev–Trinajstić information content (AvgIpc) is 2.35.